The van der Waals surface area contributed by atoms with Crippen LogP contribution in [0.15, 0.2) is 24.3 Å². The van der Waals surface area contributed by atoms with Gasteiger partial charge < -0.3 is 9.47 Å². The van der Waals surface area contributed by atoms with Crippen LogP contribution in [0.25, 0.3) is 0 Å². The van der Waals surface area contributed by atoms with E-state index >= 15 is 0 Å². The van der Waals surface area contributed by atoms with Crippen LogP contribution in [0.1, 0.15) is 25.0 Å². The molecule has 0 amide bonds. The summed E-state index contributed by atoms with van der Waals surface area (Å²) < 4.78 is 9.95. The fourth-order valence-corrected chi connectivity index (χ4v) is 1.52. The molecule has 3 heteroatoms. The molecule has 15 heavy (non-hydrogen) atoms. The molecule has 1 aliphatic rings. The largest absolute Gasteiger partial charge is 0.358 e. The van der Waals surface area contributed by atoms with E-state index in [9.17, 15) is 0 Å². The highest BCUT2D eigenvalue weighted by molar-refractivity contribution is 6.09. The third-order valence-corrected chi connectivity index (χ3v) is 2.34. The first-order valence-electron chi connectivity index (χ1n) is 5.29. The number of hydrogen-bond donors (Lipinski definition) is 0. The molecule has 2 rings (SSSR count). The zero-order chi connectivity index (χ0) is 11.1. The van der Waals surface area contributed by atoms with Crippen LogP contribution in [0.4, 0.5) is 0 Å². The van der Waals surface area contributed by atoms with Crippen LogP contribution in [0.5, 0.6) is 0 Å². The Kier molecular flexibility index (Phi) is 5.61. The van der Waals surface area contributed by atoms with E-state index in [4.69, 9.17) is 9.47 Å². The molecule has 1 aliphatic carbocycles. The molecule has 0 aromatic heterocycles. The molecule has 0 bridgehead atoms. The Bertz CT molecular complexity index is 262. The summed E-state index contributed by atoms with van der Waals surface area (Å²) in [5.41, 5.74) is 3.06. The van der Waals surface area contributed by atoms with E-state index in [1.54, 1.807) is 0 Å². The molecule has 81 valence electrons. The van der Waals surface area contributed by atoms with Crippen molar-refractivity contribution in [2.75, 3.05) is 13.2 Å². The lowest BCUT2D eigenvalue weighted by Gasteiger charge is -2.09. The Balaban J connectivity index is 0.000000150. The minimum absolute atomic E-state index is 0.231. The van der Waals surface area contributed by atoms with Gasteiger partial charge in [-0.25, -0.2) is 0 Å². The molecule has 2 nitrogen and oxygen atoms in total. The summed E-state index contributed by atoms with van der Waals surface area (Å²) in [5, 5.41) is 0. The predicted octanol–water partition coefficient (Wildman–Crippen LogP) is 2.10. The number of benzene rings is 1. The highest BCUT2D eigenvalue weighted by atomic mass is 28.1. The van der Waals surface area contributed by atoms with Crippen molar-refractivity contribution in [2.45, 2.75) is 26.2 Å². The molecule has 0 unspecified atom stereocenters. The van der Waals surface area contributed by atoms with Gasteiger partial charge in [0.15, 0.2) is 0 Å². The van der Waals surface area contributed by atoms with Crippen LogP contribution in [0, 0.1) is 0 Å². The van der Waals surface area contributed by atoms with Gasteiger partial charge in [-0.1, -0.05) is 24.3 Å². The van der Waals surface area contributed by atoms with Gasteiger partial charge in [0.05, 0.1) is 0 Å². The second-order valence-electron chi connectivity index (χ2n) is 3.19. The maximum absolute atomic E-state index is 4.97. The first-order valence-corrected chi connectivity index (χ1v) is 5.86. The van der Waals surface area contributed by atoms with E-state index in [1.165, 1.54) is 17.5 Å². The lowest BCUT2D eigenvalue weighted by Crippen LogP contribution is -2.16. The molecule has 0 fully saturated rings. The first kappa shape index (κ1) is 12.4. The van der Waals surface area contributed by atoms with Crippen LogP contribution < -0.4 is 0 Å². The lowest BCUT2D eigenvalue weighted by atomic mass is 10.4. The standard InChI is InChI=1S/C7H6.C5H11O2Si/c1-2-4-7-5-6(7)3-1;1-3-6-5(8)7-4-2/h1-4H,5H2;5H,3-4H2,1-2H3. The van der Waals surface area contributed by atoms with Crippen molar-refractivity contribution in [1.82, 2.24) is 0 Å². The van der Waals surface area contributed by atoms with Gasteiger partial charge in [0.2, 0.25) is 0 Å². The van der Waals surface area contributed by atoms with Gasteiger partial charge in [0, 0.05) is 13.2 Å². The SMILES string of the molecule is CCOC([Si])OCC.c1ccc2c(c1)C2. The van der Waals surface area contributed by atoms with Crippen molar-refractivity contribution in [3.63, 3.8) is 0 Å². The molecule has 1 aromatic rings. The Hall–Kier alpha value is -0.643. The number of ether oxygens (including phenoxy) is 2. The molecule has 0 saturated heterocycles. The van der Waals surface area contributed by atoms with Crippen LogP contribution in [0.3, 0.4) is 0 Å². The Morgan fingerprint density at radius 3 is 1.93 bits per heavy atom. The summed E-state index contributed by atoms with van der Waals surface area (Å²) in [6, 6.07) is 8.53. The van der Waals surface area contributed by atoms with Crippen LogP contribution in [-0.2, 0) is 15.9 Å². The van der Waals surface area contributed by atoms with Crippen molar-refractivity contribution in [2.24, 2.45) is 0 Å². The van der Waals surface area contributed by atoms with E-state index < -0.39 is 0 Å². The molecular formula is C12H17O2Si. The van der Waals surface area contributed by atoms with Gasteiger partial charge in [-0.2, -0.15) is 0 Å². The fraction of sp³-hybridized carbons (Fsp3) is 0.500. The molecule has 1 aromatic carbocycles. The van der Waals surface area contributed by atoms with Gasteiger partial charge in [-0.3, -0.25) is 0 Å². The number of rotatable bonds is 4. The van der Waals surface area contributed by atoms with Gasteiger partial charge >= 0.3 is 0 Å². The summed E-state index contributed by atoms with van der Waals surface area (Å²) in [7, 11) is 3.20. The van der Waals surface area contributed by atoms with Crippen LogP contribution >= 0.6 is 0 Å². The Labute approximate surface area is 95.0 Å². The van der Waals surface area contributed by atoms with Crippen molar-refractivity contribution >= 4 is 10.2 Å². The van der Waals surface area contributed by atoms with E-state index in [0.29, 0.717) is 13.2 Å². The van der Waals surface area contributed by atoms with E-state index in [-0.39, 0.29) is 5.91 Å². The van der Waals surface area contributed by atoms with E-state index in [2.05, 4.69) is 34.5 Å². The second-order valence-corrected chi connectivity index (χ2v) is 3.66. The van der Waals surface area contributed by atoms with E-state index in [1.807, 2.05) is 13.8 Å². The summed E-state index contributed by atoms with van der Waals surface area (Å²) >= 11 is 0. The topological polar surface area (TPSA) is 18.5 Å². The molecule has 0 saturated carbocycles. The summed E-state index contributed by atoms with van der Waals surface area (Å²) in [5.74, 6) is -0.231. The molecule has 0 heterocycles. The maximum atomic E-state index is 4.97. The highest BCUT2D eigenvalue weighted by Crippen LogP contribution is 2.25. The molecule has 0 atom stereocenters. The zero-order valence-corrected chi connectivity index (χ0v) is 10.3. The average Bonchev–Trinajstić information content (AvgIpc) is 2.98. The normalized spacial score (nSPS) is 11.7. The second kappa shape index (κ2) is 6.77. The molecule has 0 N–H and O–H groups in total. The van der Waals surface area contributed by atoms with Gasteiger partial charge in [-0.15, -0.1) is 0 Å². The third-order valence-electron chi connectivity index (χ3n) is 2.01. The van der Waals surface area contributed by atoms with Crippen molar-refractivity contribution < 1.29 is 9.47 Å². The highest BCUT2D eigenvalue weighted by Gasteiger charge is 2.12. The van der Waals surface area contributed by atoms with Crippen molar-refractivity contribution in [3.8, 4) is 0 Å². The average molecular weight is 221 g/mol. The summed E-state index contributed by atoms with van der Waals surface area (Å²) in [6.07, 6.45) is 1.24. The molecule has 0 aliphatic heterocycles. The van der Waals surface area contributed by atoms with Gasteiger partial charge in [0.25, 0.3) is 0 Å². The molecular weight excluding hydrogens is 204 g/mol. The van der Waals surface area contributed by atoms with Gasteiger partial charge in [-0.05, 0) is 31.4 Å². The van der Waals surface area contributed by atoms with Gasteiger partial charge in [0.1, 0.15) is 16.2 Å². The van der Waals surface area contributed by atoms with Crippen molar-refractivity contribution in [3.05, 3.63) is 35.4 Å². The van der Waals surface area contributed by atoms with Crippen LogP contribution in [0.2, 0.25) is 0 Å². The predicted molar refractivity (Wildman–Crippen MR) is 62.0 cm³/mol. The third kappa shape index (κ3) is 5.11. The monoisotopic (exact) mass is 221 g/mol. The Morgan fingerprint density at radius 2 is 1.60 bits per heavy atom. The van der Waals surface area contributed by atoms with Crippen molar-refractivity contribution in [1.29, 1.82) is 0 Å². The lowest BCUT2D eigenvalue weighted by molar-refractivity contribution is -0.0801. The summed E-state index contributed by atoms with van der Waals surface area (Å²) in [6.45, 7) is 5.20. The number of hydrogen-bond acceptors (Lipinski definition) is 2. The van der Waals surface area contributed by atoms with Crippen LogP contribution in [-0.4, -0.2) is 29.4 Å². The molecule has 3 radical (unpaired) electrons. The number of fused-ring (bicyclic) bond motifs is 1. The zero-order valence-electron chi connectivity index (χ0n) is 9.32. The quantitative estimate of drug-likeness (QED) is 0.581. The summed E-state index contributed by atoms with van der Waals surface area (Å²) in [4.78, 5) is 0. The Morgan fingerprint density at radius 1 is 1.13 bits per heavy atom. The smallest absolute Gasteiger partial charge is 0.134 e. The fourth-order valence-electron chi connectivity index (χ4n) is 1.19. The molecule has 0 spiro atoms. The van der Waals surface area contributed by atoms with E-state index in [0.717, 1.165) is 0 Å². The maximum Gasteiger partial charge on any atom is 0.134 e. The minimum Gasteiger partial charge on any atom is -0.358 e. The first-order chi connectivity index (χ1) is 7.27. The minimum atomic E-state index is -0.231.